The first-order valence-electron chi connectivity index (χ1n) is 4.62. The highest BCUT2D eigenvalue weighted by Gasteiger charge is 2.15. The summed E-state index contributed by atoms with van der Waals surface area (Å²) in [6.07, 6.45) is 3.04. The van der Waals surface area contributed by atoms with E-state index in [4.69, 9.17) is 5.11 Å². The Balaban J connectivity index is 2.66. The minimum atomic E-state index is -0.965. The maximum absolute atomic E-state index is 11.2. The number of hydrogen-bond acceptors (Lipinski definition) is 2. The number of nitrogens with zero attached hydrogens (tertiary/aromatic N) is 1. The molecule has 0 atom stereocenters. The normalized spacial score (nSPS) is 10.1. The lowest BCUT2D eigenvalue weighted by atomic mass is 10.0. The lowest BCUT2D eigenvalue weighted by Gasteiger charge is -2.06. The zero-order valence-corrected chi connectivity index (χ0v) is 9.81. The summed E-state index contributed by atoms with van der Waals surface area (Å²) in [5, 5.41) is 9.15. The van der Waals surface area contributed by atoms with Crippen molar-refractivity contribution < 1.29 is 9.90 Å². The summed E-state index contributed by atoms with van der Waals surface area (Å²) >= 11 is 3.20. The topological polar surface area (TPSA) is 50.2 Å². The molecule has 1 aromatic heterocycles. The fraction of sp³-hybridized carbons (Fsp3) is 0. The Labute approximate surface area is 101 Å². The quantitative estimate of drug-likeness (QED) is 0.917. The van der Waals surface area contributed by atoms with E-state index >= 15 is 0 Å². The number of pyridine rings is 1. The monoisotopic (exact) mass is 277 g/mol. The third-order valence-corrected chi connectivity index (χ3v) is 2.80. The molecule has 0 spiro atoms. The largest absolute Gasteiger partial charge is 0.478 e. The van der Waals surface area contributed by atoms with Gasteiger partial charge in [-0.15, -0.1) is 0 Å². The molecule has 4 heteroatoms. The van der Waals surface area contributed by atoms with Gasteiger partial charge in [0.05, 0.1) is 10.0 Å². The summed E-state index contributed by atoms with van der Waals surface area (Å²) in [5.41, 5.74) is 1.69. The molecule has 80 valence electrons. The third-order valence-electron chi connectivity index (χ3n) is 2.20. The van der Waals surface area contributed by atoms with E-state index < -0.39 is 5.97 Å². The van der Waals surface area contributed by atoms with Crippen molar-refractivity contribution in [2.24, 2.45) is 0 Å². The molecule has 1 N–H and O–H groups in total. The predicted molar refractivity (Wildman–Crippen MR) is 64.3 cm³/mol. The van der Waals surface area contributed by atoms with Crippen molar-refractivity contribution in [3.05, 3.63) is 52.8 Å². The maximum Gasteiger partial charge on any atom is 0.337 e. The Morgan fingerprint density at radius 2 is 1.88 bits per heavy atom. The number of halogens is 1. The average Bonchev–Trinajstić information content (AvgIpc) is 2.29. The molecule has 0 amide bonds. The van der Waals surface area contributed by atoms with Gasteiger partial charge in [0, 0.05) is 18.0 Å². The maximum atomic E-state index is 11.2. The van der Waals surface area contributed by atoms with Crippen molar-refractivity contribution in [3.63, 3.8) is 0 Å². The van der Waals surface area contributed by atoms with Crippen LogP contribution in [0.1, 0.15) is 10.4 Å². The summed E-state index contributed by atoms with van der Waals surface area (Å²) in [4.78, 5) is 15.2. The number of carbonyl (C=O) groups is 1. The summed E-state index contributed by atoms with van der Waals surface area (Å²) in [6.45, 7) is 0. The van der Waals surface area contributed by atoms with Crippen LogP contribution in [0.3, 0.4) is 0 Å². The molecule has 0 saturated carbocycles. The number of carboxylic acids is 1. The van der Waals surface area contributed by atoms with Gasteiger partial charge >= 0.3 is 5.97 Å². The standard InChI is InChI=1S/C12H8BrNO2/c13-10-7-14-6-9(11(10)12(15)16)8-4-2-1-3-5-8/h1-7H,(H,15,16). The zero-order valence-electron chi connectivity index (χ0n) is 8.22. The first-order chi connectivity index (χ1) is 7.70. The van der Waals surface area contributed by atoms with Crippen LogP contribution >= 0.6 is 15.9 Å². The van der Waals surface area contributed by atoms with Crippen molar-refractivity contribution in [1.82, 2.24) is 4.98 Å². The van der Waals surface area contributed by atoms with E-state index in [9.17, 15) is 4.79 Å². The highest BCUT2D eigenvalue weighted by atomic mass is 79.9. The van der Waals surface area contributed by atoms with Gasteiger partial charge in [0.2, 0.25) is 0 Å². The highest BCUT2D eigenvalue weighted by Crippen LogP contribution is 2.27. The summed E-state index contributed by atoms with van der Waals surface area (Å²) in [6, 6.07) is 9.32. The van der Waals surface area contributed by atoms with Gasteiger partial charge < -0.3 is 5.11 Å². The molecule has 2 rings (SSSR count). The molecule has 0 aliphatic rings. The molecular formula is C12H8BrNO2. The third kappa shape index (κ3) is 1.97. The smallest absolute Gasteiger partial charge is 0.337 e. The molecule has 3 nitrogen and oxygen atoms in total. The number of carboxylic acid groups (broad SMARTS) is 1. The fourth-order valence-corrected chi connectivity index (χ4v) is 1.99. The van der Waals surface area contributed by atoms with Crippen LogP contribution in [0.15, 0.2) is 47.2 Å². The van der Waals surface area contributed by atoms with Crippen LogP contribution in [0, 0.1) is 0 Å². The van der Waals surface area contributed by atoms with E-state index in [0.29, 0.717) is 10.0 Å². The first-order valence-corrected chi connectivity index (χ1v) is 5.41. The molecule has 0 fully saturated rings. The summed E-state index contributed by atoms with van der Waals surface area (Å²) in [7, 11) is 0. The second kappa shape index (κ2) is 4.45. The molecule has 16 heavy (non-hydrogen) atoms. The SMILES string of the molecule is O=C(O)c1c(Br)cncc1-c1ccccc1. The van der Waals surface area contributed by atoms with Crippen LogP contribution in [0.2, 0.25) is 0 Å². The van der Waals surface area contributed by atoms with Gasteiger partial charge in [0.25, 0.3) is 0 Å². The van der Waals surface area contributed by atoms with Crippen molar-refractivity contribution >= 4 is 21.9 Å². The van der Waals surface area contributed by atoms with Gasteiger partial charge in [0.1, 0.15) is 0 Å². The second-order valence-electron chi connectivity index (χ2n) is 3.22. The Morgan fingerprint density at radius 1 is 1.19 bits per heavy atom. The Hall–Kier alpha value is -1.68. The molecule has 1 heterocycles. The van der Waals surface area contributed by atoms with Gasteiger partial charge in [-0.25, -0.2) is 4.79 Å². The molecular weight excluding hydrogens is 270 g/mol. The molecule has 0 saturated heterocycles. The zero-order chi connectivity index (χ0) is 11.5. The van der Waals surface area contributed by atoms with E-state index in [2.05, 4.69) is 20.9 Å². The number of benzene rings is 1. The van der Waals surface area contributed by atoms with Crippen molar-refractivity contribution in [3.8, 4) is 11.1 Å². The van der Waals surface area contributed by atoms with Crippen molar-refractivity contribution in [2.45, 2.75) is 0 Å². The Morgan fingerprint density at radius 3 is 2.50 bits per heavy atom. The van der Waals surface area contributed by atoms with Crippen LogP contribution in [-0.2, 0) is 0 Å². The van der Waals surface area contributed by atoms with Crippen LogP contribution in [0.25, 0.3) is 11.1 Å². The fourth-order valence-electron chi connectivity index (χ4n) is 1.49. The average molecular weight is 278 g/mol. The number of aromatic nitrogens is 1. The predicted octanol–water partition coefficient (Wildman–Crippen LogP) is 3.21. The first kappa shape index (κ1) is 10.8. The molecule has 0 bridgehead atoms. The Bertz CT molecular complexity index is 526. The van der Waals surface area contributed by atoms with E-state index in [1.165, 1.54) is 6.20 Å². The van der Waals surface area contributed by atoms with Crippen molar-refractivity contribution in [1.29, 1.82) is 0 Å². The molecule has 2 aromatic rings. The summed E-state index contributed by atoms with van der Waals surface area (Å²) in [5.74, 6) is -0.965. The van der Waals surface area contributed by atoms with Crippen LogP contribution in [0.5, 0.6) is 0 Å². The highest BCUT2D eigenvalue weighted by molar-refractivity contribution is 9.10. The van der Waals surface area contributed by atoms with E-state index in [-0.39, 0.29) is 5.56 Å². The minimum Gasteiger partial charge on any atom is -0.478 e. The van der Waals surface area contributed by atoms with Gasteiger partial charge in [0.15, 0.2) is 0 Å². The van der Waals surface area contributed by atoms with Crippen molar-refractivity contribution in [2.75, 3.05) is 0 Å². The van der Waals surface area contributed by atoms with E-state index in [0.717, 1.165) is 5.56 Å². The van der Waals surface area contributed by atoms with Crippen LogP contribution in [-0.4, -0.2) is 16.1 Å². The second-order valence-corrected chi connectivity index (χ2v) is 4.07. The minimum absolute atomic E-state index is 0.237. The van der Waals surface area contributed by atoms with E-state index in [1.807, 2.05) is 30.3 Å². The molecule has 0 aliphatic heterocycles. The van der Waals surface area contributed by atoms with Crippen LogP contribution < -0.4 is 0 Å². The Kier molecular flexibility index (Phi) is 3.01. The molecule has 1 aromatic carbocycles. The van der Waals surface area contributed by atoms with E-state index in [1.54, 1.807) is 6.20 Å². The van der Waals surface area contributed by atoms with Gasteiger partial charge in [-0.2, -0.15) is 0 Å². The van der Waals surface area contributed by atoms with Gasteiger partial charge in [-0.1, -0.05) is 30.3 Å². The number of hydrogen-bond donors (Lipinski definition) is 1. The van der Waals surface area contributed by atoms with Gasteiger partial charge in [-0.3, -0.25) is 4.98 Å². The lowest BCUT2D eigenvalue weighted by Crippen LogP contribution is -2.01. The molecule has 0 radical (unpaired) electrons. The van der Waals surface area contributed by atoms with Gasteiger partial charge in [-0.05, 0) is 21.5 Å². The van der Waals surface area contributed by atoms with Crippen LogP contribution in [0.4, 0.5) is 0 Å². The molecule has 0 aliphatic carbocycles. The number of rotatable bonds is 2. The summed E-state index contributed by atoms with van der Waals surface area (Å²) < 4.78 is 0.487. The number of aromatic carboxylic acids is 1. The molecule has 0 unspecified atom stereocenters. The lowest BCUT2D eigenvalue weighted by molar-refractivity contribution is 0.0696.